The molecule has 1 fully saturated rings. The molecule has 0 saturated carbocycles. The van der Waals surface area contributed by atoms with Crippen molar-refractivity contribution in [3.63, 3.8) is 0 Å². The van der Waals surface area contributed by atoms with E-state index in [1.165, 1.54) is 18.2 Å². The zero-order valence-electron chi connectivity index (χ0n) is 20.6. The van der Waals surface area contributed by atoms with Crippen molar-refractivity contribution in [1.29, 1.82) is 0 Å². The summed E-state index contributed by atoms with van der Waals surface area (Å²) in [6, 6.07) is 13.3. The van der Waals surface area contributed by atoms with Crippen LogP contribution in [0.5, 0.6) is 5.75 Å². The molecule has 0 spiro atoms. The predicted molar refractivity (Wildman–Crippen MR) is 136 cm³/mol. The number of urea groups is 1. The normalized spacial score (nSPS) is 21.3. The first-order valence-electron chi connectivity index (χ1n) is 12.4. The number of carbonyl (C=O) groups excluding carboxylic acids is 2. The van der Waals surface area contributed by atoms with Crippen LogP contribution >= 0.6 is 0 Å². The average Bonchev–Trinajstić information content (AvgIpc) is 3.28. The highest BCUT2D eigenvalue weighted by Gasteiger charge is 2.46. The number of para-hydroxylation sites is 1. The highest BCUT2D eigenvalue weighted by atomic mass is 19.1. The Labute approximate surface area is 222 Å². The topological polar surface area (TPSA) is 109 Å². The zero-order valence-corrected chi connectivity index (χ0v) is 20.6. The molecular weight excluding hydrogens is 515 g/mol. The first kappa shape index (κ1) is 26.5. The molecule has 0 unspecified atom stereocenters. The van der Waals surface area contributed by atoms with Crippen molar-refractivity contribution in [2.24, 2.45) is 0 Å². The number of anilines is 2. The molecule has 204 valence electrons. The third-order valence-electron chi connectivity index (χ3n) is 6.78. The minimum Gasteiger partial charge on any atom is -0.487 e. The van der Waals surface area contributed by atoms with Gasteiger partial charge in [0, 0.05) is 29.3 Å². The second kappa shape index (κ2) is 11.3. The molecule has 3 aromatic carbocycles. The second-order valence-corrected chi connectivity index (χ2v) is 9.43. The van der Waals surface area contributed by atoms with Crippen molar-refractivity contribution < 1.29 is 37.3 Å². The molecule has 8 nitrogen and oxygen atoms in total. The molecule has 3 amide bonds. The number of carbonyl (C=O) groups is 2. The number of ether oxygens (including phenoxy) is 2. The summed E-state index contributed by atoms with van der Waals surface area (Å²) in [5.74, 6) is -1.88. The summed E-state index contributed by atoms with van der Waals surface area (Å²) in [4.78, 5) is 25.0. The largest absolute Gasteiger partial charge is 0.487 e. The van der Waals surface area contributed by atoms with Gasteiger partial charge in [0.25, 0.3) is 0 Å². The molecule has 2 aliphatic heterocycles. The third-order valence-corrected chi connectivity index (χ3v) is 6.78. The standard InChI is InChI=1S/C28H26F3N3O5/c29-16-5-7-21(30)15(9-16)13-32-26(36)12-18-11-20-19-10-17(6-8-24(19)39-27(20)25(14-35)38-18)33-28(37)34-23-4-2-1-3-22(23)31/h1-10,18,20,25,27,35H,11-14H2,(H,32,36)(H2,33,34,37)/t18-,20-,25-,27+/m0/s1. The van der Waals surface area contributed by atoms with Crippen LogP contribution in [0, 0.1) is 17.5 Å². The Hall–Kier alpha value is -4.09. The van der Waals surface area contributed by atoms with E-state index < -0.39 is 47.7 Å². The number of fused-ring (bicyclic) bond motifs is 3. The average molecular weight is 542 g/mol. The Morgan fingerprint density at radius 3 is 2.59 bits per heavy atom. The third kappa shape index (κ3) is 5.99. The van der Waals surface area contributed by atoms with E-state index in [1.807, 2.05) is 0 Å². The first-order chi connectivity index (χ1) is 18.8. The van der Waals surface area contributed by atoms with Gasteiger partial charge in [-0.2, -0.15) is 0 Å². The Morgan fingerprint density at radius 2 is 1.79 bits per heavy atom. The maximum Gasteiger partial charge on any atom is 0.323 e. The van der Waals surface area contributed by atoms with E-state index in [2.05, 4.69) is 16.0 Å². The van der Waals surface area contributed by atoms with Crippen molar-refractivity contribution in [1.82, 2.24) is 5.32 Å². The number of aliphatic hydroxyl groups excluding tert-OH is 1. The second-order valence-electron chi connectivity index (χ2n) is 9.43. The van der Waals surface area contributed by atoms with Crippen LogP contribution in [0.4, 0.5) is 29.3 Å². The molecule has 4 N–H and O–H groups in total. The molecule has 11 heteroatoms. The summed E-state index contributed by atoms with van der Waals surface area (Å²) in [6.45, 7) is -0.515. The van der Waals surface area contributed by atoms with Gasteiger partial charge in [0.05, 0.1) is 24.8 Å². The lowest BCUT2D eigenvalue weighted by atomic mass is 9.84. The quantitative estimate of drug-likeness (QED) is 0.354. The zero-order chi connectivity index (χ0) is 27.5. The van der Waals surface area contributed by atoms with Crippen LogP contribution in [-0.4, -0.2) is 42.0 Å². The molecule has 5 rings (SSSR count). The van der Waals surface area contributed by atoms with Crippen molar-refractivity contribution in [3.05, 3.63) is 89.2 Å². The molecule has 1 saturated heterocycles. The first-order valence-corrected chi connectivity index (χ1v) is 12.4. The number of hydrogen-bond donors (Lipinski definition) is 4. The molecule has 2 heterocycles. The minimum absolute atomic E-state index is 0.0263. The maximum absolute atomic E-state index is 13.9. The number of halogens is 3. The monoisotopic (exact) mass is 541 g/mol. The SMILES string of the molecule is O=C(C[C@@H]1C[C@H]2c3cc(NC(=O)Nc4ccccc4F)ccc3O[C@H]2[C@H](CO)O1)NCc1cc(F)ccc1F. The van der Waals surface area contributed by atoms with Crippen LogP contribution < -0.4 is 20.7 Å². The van der Waals surface area contributed by atoms with Gasteiger partial charge in [-0.05, 0) is 55.0 Å². The molecule has 39 heavy (non-hydrogen) atoms. The smallest absolute Gasteiger partial charge is 0.323 e. The van der Waals surface area contributed by atoms with E-state index in [-0.39, 0.29) is 36.7 Å². The van der Waals surface area contributed by atoms with Gasteiger partial charge >= 0.3 is 6.03 Å². The van der Waals surface area contributed by atoms with Gasteiger partial charge in [-0.25, -0.2) is 18.0 Å². The number of aliphatic hydroxyl groups is 1. The Morgan fingerprint density at radius 1 is 0.974 bits per heavy atom. The van der Waals surface area contributed by atoms with Crippen LogP contribution in [0.1, 0.15) is 29.9 Å². The highest BCUT2D eigenvalue weighted by Crippen LogP contribution is 2.47. The lowest BCUT2D eigenvalue weighted by Crippen LogP contribution is -2.47. The van der Waals surface area contributed by atoms with Gasteiger partial charge in [0.2, 0.25) is 5.91 Å². The summed E-state index contributed by atoms with van der Waals surface area (Å²) in [5, 5.41) is 17.7. The molecule has 0 aliphatic carbocycles. The van der Waals surface area contributed by atoms with E-state index in [4.69, 9.17) is 9.47 Å². The summed E-state index contributed by atoms with van der Waals surface area (Å²) < 4.78 is 53.1. The molecular formula is C28H26F3N3O5. The Kier molecular flexibility index (Phi) is 7.71. The molecule has 2 aliphatic rings. The van der Waals surface area contributed by atoms with Gasteiger partial charge in [-0.15, -0.1) is 0 Å². The lowest BCUT2D eigenvalue weighted by Gasteiger charge is -2.37. The molecule has 0 aromatic heterocycles. The summed E-state index contributed by atoms with van der Waals surface area (Å²) in [6.07, 6.45) is -1.43. The summed E-state index contributed by atoms with van der Waals surface area (Å²) >= 11 is 0. The van der Waals surface area contributed by atoms with Crippen molar-refractivity contribution in [2.45, 2.75) is 43.6 Å². The van der Waals surface area contributed by atoms with Crippen LogP contribution in [-0.2, 0) is 16.1 Å². The fraction of sp³-hybridized carbons (Fsp3) is 0.286. The van der Waals surface area contributed by atoms with E-state index in [9.17, 15) is 27.9 Å². The van der Waals surface area contributed by atoms with Gasteiger partial charge in [-0.1, -0.05) is 12.1 Å². The highest BCUT2D eigenvalue weighted by molar-refractivity contribution is 6.00. The Balaban J connectivity index is 1.24. The molecule has 0 bridgehead atoms. The van der Waals surface area contributed by atoms with Crippen LogP contribution in [0.15, 0.2) is 60.7 Å². The number of hydrogen-bond acceptors (Lipinski definition) is 5. The number of amides is 3. The fourth-order valence-corrected chi connectivity index (χ4v) is 4.97. The number of benzene rings is 3. The molecule has 4 atom stereocenters. The fourth-order valence-electron chi connectivity index (χ4n) is 4.97. The summed E-state index contributed by atoms with van der Waals surface area (Å²) in [7, 11) is 0. The number of nitrogens with one attached hydrogen (secondary N) is 3. The lowest BCUT2D eigenvalue weighted by molar-refractivity contribution is -0.142. The van der Waals surface area contributed by atoms with Crippen molar-refractivity contribution in [2.75, 3.05) is 17.2 Å². The van der Waals surface area contributed by atoms with Gasteiger partial charge in [0.15, 0.2) is 0 Å². The van der Waals surface area contributed by atoms with Crippen molar-refractivity contribution >= 4 is 23.3 Å². The van der Waals surface area contributed by atoms with Gasteiger partial charge in [-0.3, -0.25) is 4.79 Å². The molecule has 0 radical (unpaired) electrons. The number of rotatable bonds is 7. The maximum atomic E-state index is 13.9. The van der Waals surface area contributed by atoms with E-state index in [1.54, 1.807) is 24.3 Å². The van der Waals surface area contributed by atoms with Gasteiger partial charge in [0.1, 0.15) is 35.4 Å². The minimum atomic E-state index is -0.699. The van der Waals surface area contributed by atoms with E-state index in [0.717, 1.165) is 23.8 Å². The molecule has 3 aromatic rings. The van der Waals surface area contributed by atoms with Crippen molar-refractivity contribution in [3.8, 4) is 5.75 Å². The van der Waals surface area contributed by atoms with Crippen LogP contribution in [0.25, 0.3) is 0 Å². The summed E-state index contributed by atoms with van der Waals surface area (Å²) in [5.41, 5.74) is 1.29. The predicted octanol–water partition coefficient (Wildman–Crippen LogP) is 4.45. The van der Waals surface area contributed by atoms with Gasteiger partial charge < -0.3 is 30.5 Å². The van der Waals surface area contributed by atoms with Crippen LogP contribution in [0.3, 0.4) is 0 Å². The van der Waals surface area contributed by atoms with E-state index >= 15 is 0 Å². The Bertz CT molecular complexity index is 1390. The van der Waals surface area contributed by atoms with Crippen LogP contribution in [0.2, 0.25) is 0 Å². The van der Waals surface area contributed by atoms with E-state index in [0.29, 0.717) is 17.9 Å².